The third-order valence-electron chi connectivity index (χ3n) is 3.95. The Morgan fingerprint density at radius 3 is 1.61 bits per heavy atom. The number of nitrogens with two attached hydrogens (primary N) is 1. The Kier molecular flexibility index (Phi) is 9.63. The molecule has 11 N–H and O–H groups in total. The standard InChI is InChI=1S/C17H21N3O8.C2H6O/c18-10(7-21)17(28)19-20(5-8-1-3-11(22)15(26)13(8)24)6-9-2-4-12(23)16(27)14(9)25;1-2-3/h1-4,10,21-27H,5-7,18H2,(H,19,28);3H,2H2,1H3. The van der Waals surface area contributed by atoms with Crippen LogP contribution in [-0.2, 0) is 17.9 Å². The van der Waals surface area contributed by atoms with Crippen molar-refractivity contribution in [3.8, 4) is 34.5 Å². The van der Waals surface area contributed by atoms with Crippen LogP contribution in [-0.4, -0.2) is 71.0 Å². The van der Waals surface area contributed by atoms with Gasteiger partial charge in [-0.05, 0) is 19.1 Å². The number of carbonyl (C=O) groups excluding carboxylic acids is 1. The fraction of sp³-hybridized carbons (Fsp3) is 0.316. The van der Waals surface area contributed by atoms with Gasteiger partial charge in [0.05, 0.1) is 6.61 Å². The van der Waals surface area contributed by atoms with Crippen molar-refractivity contribution >= 4 is 5.91 Å². The van der Waals surface area contributed by atoms with Gasteiger partial charge in [0.25, 0.3) is 5.91 Å². The summed E-state index contributed by atoms with van der Waals surface area (Å²) in [6.45, 7) is 0.867. The number of aromatic hydroxyl groups is 6. The largest absolute Gasteiger partial charge is 0.504 e. The van der Waals surface area contributed by atoms with E-state index in [2.05, 4.69) is 5.43 Å². The van der Waals surface area contributed by atoms with Gasteiger partial charge in [-0.2, -0.15) is 0 Å². The Labute approximate surface area is 177 Å². The number of aliphatic hydroxyl groups excluding tert-OH is 2. The van der Waals surface area contributed by atoms with Crippen LogP contribution in [0, 0.1) is 0 Å². The van der Waals surface area contributed by atoms with Gasteiger partial charge in [-0.3, -0.25) is 10.2 Å². The molecule has 0 spiro atoms. The monoisotopic (exact) mass is 441 g/mol. The SMILES string of the molecule is CCO.NC(CO)C(=O)NN(Cc1ccc(O)c(O)c1O)Cc1ccc(O)c(O)c1O. The molecule has 0 radical (unpaired) electrons. The predicted octanol–water partition coefficient (Wildman–Crippen LogP) is -0.728. The van der Waals surface area contributed by atoms with Crippen LogP contribution in [0.3, 0.4) is 0 Å². The number of phenolic OH excluding ortho intramolecular Hbond substituents is 6. The minimum absolute atomic E-state index is 0.107. The van der Waals surface area contributed by atoms with Crippen LogP contribution in [0.15, 0.2) is 24.3 Å². The molecule has 1 unspecified atom stereocenters. The lowest BCUT2D eigenvalue weighted by atomic mass is 10.1. The summed E-state index contributed by atoms with van der Waals surface area (Å²) in [7, 11) is 0. The van der Waals surface area contributed by atoms with Gasteiger partial charge in [-0.25, -0.2) is 5.01 Å². The molecule has 0 bridgehead atoms. The Morgan fingerprint density at radius 2 is 1.26 bits per heavy atom. The Balaban J connectivity index is 0.00000151. The fourth-order valence-electron chi connectivity index (χ4n) is 2.34. The Morgan fingerprint density at radius 1 is 0.871 bits per heavy atom. The summed E-state index contributed by atoms with van der Waals surface area (Å²) in [4.78, 5) is 12.0. The zero-order valence-corrected chi connectivity index (χ0v) is 16.7. The first-order valence-corrected chi connectivity index (χ1v) is 9.05. The number of phenols is 6. The molecule has 1 amide bonds. The zero-order chi connectivity index (χ0) is 23.7. The van der Waals surface area contributed by atoms with Crippen molar-refractivity contribution in [2.45, 2.75) is 26.1 Å². The summed E-state index contributed by atoms with van der Waals surface area (Å²) in [5.74, 6) is -4.60. The van der Waals surface area contributed by atoms with Crippen molar-refractivity contribution < 1.29 is 45.6 Å². The lowest BCUT2D eigenvalue weighted by Crippen LogP contribution is -2.50. The van der Waals surface area contributed by atoms with E-state index in [1.165, 1.54) is 17.1 Å². The quantitative estimate of drug-likeness (QED) is 0.191. The van der Waals surface area contributed by atoms with Crippen molar-refractivity contribution in [2.75, 3.05) is 13.2 Å². The lowest BCUT2D eigenvalue weighted by molar-refractivity contribution is -0.128. The first-order valence-electron chi connectivity index (χ1n) is 9.05. The molecular weight excluding hydrogens is 414 g/mol. The Bertz CT molecular complexity index is 833. The molecule has 12 nitrogen and oxygen atoms in total. The molecule has 31 heavy (non-hydrogen) atoms. The van der Waals surface area contributed by atoms with E-state index in [0.717, 1.165) is 12.1 Å². The summed E-state index contributed by atoms with van der Waals surface area (Å²) in [6.07, 6.45) is 0. The molecule has 0 aliphatic heterocycles. The molecule has 2 rings (SSSR count). The van der Waals surface area contributed by atoms with Crippen LogP contribution >= 0.6 is 0 Å². The number of rotatable bonds is 7. The van der Waals surface area contributed by atoms with E-state index in [1.54, 1.807) is 6.92 Å². The molecular formula is C19H27N3O9. The topological polar surface area (TPSA) is 220 Å². The van der Waals surface area contributed by atoms with Gasteiger partial charge < -0.3 is 46.6 Å². The smallest absolute Gasteiger partial charge is 0.253 e. The third-order valence-corrected chi connectivity index (χ3v) is 3.95. The van der Waals surface area contributed by atoms with Crippen molar-refractivity contribution in [3.63, 3.8) is 0 Å². The van der Waals surface area contributed by atoms with Crippen LogP contribution in [0.5, 0.6) is 34.5 Å². The Hall–Kier alpha value is -3.45. The molecule has 0 heterocycles. The van der Waals surface area contributed by atoms with E-state index in [1.807, 2.05) is 0 Å². The summed E-state index contributed by atoms with van der Waals surface area (Å²) in [5.41, 5.74) is 8.07. The van der Waals surface area contributed by atoms with E-state index >= 15 is 0 Å². The van der Waals surface area contributed by atoms with Gasteiger partial charge in [-0.15, -0.1) is 0 Å². The number of hydrogen-bond donors (Lipinski definition) is 10. The number of benzene rings is 2. The maximum atomic E-state index is 12.0. The maximum absolute atomic E-state index is 12.0. The first-order chi connectivity index (χ1) is 14.6. The van der Waals surface area contributed by atoms with E-state index < -0.39 is 53.1 Å². The number of nitrogens with zero attached hydrogens (tertiary/aromatic N) is 1. The summed E-state index contributed by atoms with van der Waals surface area (Å²) in [6, 6.07) is 3.61. The van der Waals surface area contributed by atoms with Crippen LogP contribution < -0.4 is 11.2 Å². The number of amides is 1. The molecule has 0 aliphatic rings. The second-order valence-electron chi connectivity index (χ2n) is 6.32. The first kappa shape index (κ1) is 25.6. The fourth-order valence-corrected chi connectivity index (χ4v) is 2.34. The summed E-state index contributed by atoms with van der Waals surface area (Å²) in [5, 5.41) is 75.8. The average molecular weight is 441 g/mol. The maximum Gasteiger partial charge on any atom is 0.253 e. The molecule has 2 aromatic carbocycles. The molecule has 0 fully saturated rings. The number of carbonyl (C=O) groups is 1. The van der Waals surface area contributed by atoms with Gasteiger partial charge in [0.2, 0.25) is 11.5 Å². The highest BCUT2D eigenvalue weighted by Crippen LogP contribution is 2.39. The minimum atomic E-state index is -1.24. The zero-order valence-electron chi connectivity index (χ0n) is 16.7. The number of nitrogens with one attached hydrogen (secondary N) is 1. The molecule has 172 valence electrons. The predicted molar refractivity (Wildman–Crippen MR) is 108 cm³/mol. The number of aliphatic hydroxyl groups is 2. The van der Waals surface area contributed by atoms with E-state index in [9.17, 15) is 35.4 Å². The van der Waals surface area contributed by atoms with Crippen molar-refractivity contribution in [3.05, 3.63) is 35.4 Å². The molecule has 0 aromatic heterocycles. The van der Waals surface area contributed by atoms with Gasteiger partial charge in [0.15, 0.2) is 23.0 Å². The summed E-state index contributed by atoms with van der Waals surface area (Å²) < 4.78 is 0. The van der Waals surface area contributed by atoms with E-state index in [0.29, 0.717) is 0 Å². The molecule has 0 saturated heterocycles. The highest BCUT2D eigenvalue weighted by Gasteiger charge is 2.21. The van der Waals surface area contributed by atoms with Crippen LogP contribution in [0.2, 0.25) is 0 Å². The van der Waals surface area contributed by atoms with Crippen molar-refractivity contribution in [2.24, 2.45) is 5.73 Å². The van der Waals surface area contributed by atoms with E-state index in [-0.39, 0.29) is 30.8 Å². The second-order valence-corrected chi connectivity index (χ2v) is 6.32. The molecule has 1 atom stereocenters. The number of hydrazine groups is 1. The van der Waals surface area contributed by atoms with Crippen molar-refractivity contribution in [1.29, 1.82) is 0 Å². The minimum Gasteiger partial charge on any atom is -0.504 e. The average Bonchev–Trinajstić information content (AvgIpc) is 2.74. The van der Waals surface area contributed by atoms with Gasteiger partial charge in [0, 0.05) is 30.8 Å². The molecule has 0 saturated carbocycles. The highest BCUT2D eigenvalue weighted by molar-refractivity contribution is 5.81. The van der Waals surface area contributed by atoms with Crippen LogP contribution in [0.4, 0.5) is 0 Å². The molecule has 2 aromatic rings. The van der Waals surface area contributed by atoms with Crippen molar-refractivity contribution in [1.82, 2.24) is 10.4 Å². The molecule has 0 aliphatic carbocycles. The van der Waals surface area contributed by atoms with Gasteiger partial charge in [-0.1, -0.05) is 12.1 Å². The highest BCUT2D eigenvalue weighted by atomic mass is 16.3. The second kappa shape index (κ2) is 11.7. The lowest BCUT2D eigenvalue weighted by Gasteiger charge is -2.25. The third kappa shape index (κ3) is 6.79. The van der Waals surface area contributed by atoms with Crippen LogP contribution in [0.25, 0.3) is 0 Å². The van der Waals surface area contributed by atoms with E-state index in [4.69, 9.17) is 15.9 Å². The normalized spacial score (nSPS) is 11.5. The van der Waals surface area contributed by atoms with Gasteiger partial charge in [0.1, 0.15) is 6.04 Å². The van der Waals surface area contributed by atoms with Crippen LogP contribution in [0.1, 0.15) is 18.1 Å². The summed E-state index contributed by atoms with van der Waals surface area (Å²) >= 11 is 0. The molecule has 12 heteroatoms. The number of hydrogen-bond acceptors (Lipinski definition) is 11. The van der Waals surface area contributed by atoms with Gasteiger partial charge >= 0.3 is 0 Å².